The SMILES string of the molecule is Cc1cc(C)c(NC(=O)CC(C)(C)C)c(C)c1.[HH]. The maximum Gasteiger partial charge on any atom is 0.224 e. The summed E-state index contributed by atoms with van der Waals surface area (Å²) in [5.74, 6) is 0.0903. The lowest BCUT2D eigenvalue weighted by Gasteiger charge is -2.19. The minimum Gasteiger partial charge on any atom is -0.326 e. The molecule has 2 nitrogen and oxygen atoms in total. The van der Waals surface area contributed by atoms with E-state index in [-0.39, 0.29) is 12.7 Å². The van der Waals surface area contributed by atoms with Crippen LogP contribution in [0.25, 0.3) is 0 Å². The van der Waals surface area contributed by atoms with Gasteiger partial charge < -0.3 is 5.32 Å². The Morgan fingerprint density at radius 1 is 1.18 bits per heavy atom. The van der Waals surface area contributed by atoms with Crippen molar-refractivity contribution in [3.8, 4) is 0 Å². The van der Waals surface area contributed by atoms with Gasteiger partial charge in [0.05, 0.1) is 0 Å². The normalized spacial score (nSPS) is 11.4. The summed E-state index contributed by atoms with van der Waals surface area (Å²) in [6, 6.07) is 4.19. The van der Waals surface area contributed by atoms with Crippen LogP contribution in [-0.4, -0.2) is 5.91 Å². The van der Waals surface area contributed by atoms with Crippen molar-refractivity contribution in [2.45, 2.75) is 48.0 Å². The highest BCUT2D eigenvalue weighted by atomic mass is 16.1. The number of carbonyl (C=O) groups is 1. The molecule has 1 aromatic rings. The summed E-state index contributed by atoms with van der Waals surface area (Å²) >= 11 is 0. The van der Waals surface area contributed by atoms with Gasteiger partial charge in [0.1, 0.15) is 0 Å². The van der Waals surface area contributed by atoms with Crippen LogP contribution in [0.1, 0.15) is 45.3 Å². The van der Waals surface area contributed by atoms with E-state index in [4.69, 9.17) is 0 Å². The molecule has 0 aliphatic rings. The zero-order valence-corrected chi connectivity index (χ0v) is 11.8. The van der Waals surface area contributed by atoms with Gasteiger partial charge in [0, 0.05) is 13.5 Å². The molecule has 0 saturated carbocycles. The van der Waals surface area contributed by atoms with Gasteiger partial charge in [0.25, 0.3) is 0 Å². The van der Waals surface area contributed by atoms with Gasteiger partial charge in [-0.1, -0.05) is 38.5 Å². The smallest absolute Gasteiger partial charge is 0.224 e. The first-order valence-electron chi connectivity index (χ1n) is 6.07. The molecule has 0 radical (unpaired) electrons. The second-order valence-electron chi connectivity index (χ2n) is 6.06. The summed E-state index contributed by atoms with van der Waals surface area (Å²) in [6.07, 6.45) is 0.541. The highest BCUT2D eigenvalue weighted by molar-refractivity contribution is 5.92. The van der Waals surface area contributed by atoms with E-state index < -0.39 is 0 Å². The topological polar surface area (TPSA) is 29.1 Å². The molecule has 17 heavy (non-hydrogen) atoms. The fourth-order valence-corrected chi connectivity index (χ4v) is 2.04. The van der Waals surface area contributed by atoms with Crippen LogP contribution < -0.4 is 5.32 Å². The van der Waals surface area contributed by atoms with Crippen molar-refractivity contribution in [1.29, 1.82) is 0 Å². The lowest BCUT2D eigenvalue weighted by molar-refractivity contribution is -0.117. The average molecular weight is 235 g/mol. The number of anilines is 1. The molecule has 1 N–H and O–H groups in total. The van der Waals surface area contributed by atoms with Crippen LogP contribution in [0.3, 0.4) is 0 Å². The van der Waals surface area contributed by atoms with Crippen LogP contribution in [0.2, 0.25) is 0 Å². The lowest BCUT2D eigenvalue weighted by atomic mass is 9.92. The quantitative estimate of drug-likeness (QED) is 0.816. The number of nitrogens with one attached hydrogen (secondary N) is 1. The molecule has 0 bridgehead atoms. The standard InChI is InChI=1S/C15H23NO.H2/c1-10-7-11(2)14(12(3)8-10)16-13(17)9-15(4,5)6;/h7-8H,9H2,1-6H3,(H,16,17);1H. The molecule has 0 aromatic heterocycles. The predicted octanol–water partition coefficient (Wildman–Crippen LogP) is 4.23. The second kappa shape index (κ2) is 4.91. The minimum atomic E-state index is 0. The van der Waals surface area contributed by atoms with Crippen molar-refractivity contribution in [1.82, 2.24) is 0 Å². The Balaban J connectivity index is 0.00000289. The number of aryl methyl sites for hydroxylation is 3. The number of benzene rings is 1. The highest BCUT2D eigenvalue weighted by Crippen LogP contribution is 2.24. The van der Waals surface area contributed by atoms with E-state index in [1.807, 2.05) is 13.8 Å². The lowest BCUT2D eigenvalue weighted by Crippen LogP contribution is -2.20. The van der Waals surface area contributed by atoms with E-state index >= 15 is 0 Å². The van der Waals surface area contributed by atoms with Gasteiger partial charge in [-0.2, -0.15) is 0 Å². The Labute approximate surface area is 106 Å². The number of rotatable bonds is 2. The Kier molecular flexibility index (Phi) is 3.97. The van der Waals surface area contributed by atoms with E-state index in [0.29, 0.717) is 6.42 Å². The van der Waals surface area contributed by atoms with Crippen molar-refractivity contribution in [3.05, 3.63) is 28.8 Å². The summed E-state index contributed by atoms with van der Waals surface area (Å²) in [6.45, 7) is 12.4. The van der Waals surface area contributed by atoms with Crippen LogP contribution in [0.4, 0.5) is 5.69 Å². The Hall–Kier alpha value is -1.31. The predicted molar refractivity (Wildman–Crippen MR) is 75.5 cm³/mol. The van der Waals surface area contributed by atoms with Crippen molar-refractivity contribution < 1.29 is 6.22 Å². The van der Waals surface area contributed by atoms with Gasteiger partial charge in [0.15, 0.2) is 0 Å². The van der Waals surface area contributed by atoms with E-state index in [1.165, 1.54) is 5.56 Å². The maximum absolute atomic E-state index is 11.9. The minimum absolute atomic E-state index is 0. The average Bonchev–Trinajstić information content (AvgIpc) is 2.08. The van der Waals surface area contributed by atoms with Gasteiger partial charge in [0.2, 0.25) is 5.91 Å². The van der Waals surface area contributed by atoms with Gasteiger partial charge in [-0.05, 0) is 37.3 Å². The van der Waals surface area contributed by atoms with E-state index in [2.05, 4.69) is 45.1 Å². The van der Waals surface area contributed by atoms with Gasteiger partial charge in [-0.3, -0.25) is 4.79 Å². The number of carbonyl (C=O) groups excluding carboxylic acids is 1. The van der Waals surface area contributed by atoms with E-state index in [1.54, 1.807) is 0 Å². The third kappa shape index (κ3) is 4.22. The van der Waals surface area contributed by atoms with Crippen molar-refractivity contribution in [2.24, 2.45) is 5.41 Å². The van der Waals surface area contributed by atoms with Gasteiger partial charge in [-0.25, -0.2) is 0 Å². The zero-order valence-electron chi connectivity index (χ0n) is 11.8. The first kappa shape index (κ1) is 13.8. The maximum atomic E-state index is 11.9. The molecule has 2 heteroatoms. The van der Waals surface area contributed by atoms with Crippen LogP contribution in [-0.2, 0) is 4.79 Å². The van der Waals surface area contributed by atoms with E-state index in [0.717, 1.165) is 16.8 Å². The second-order valence-corrected chi connectivity index (χ2v) is 6.06. The molecule has 1 amide bonds. The molecule has 0 fully saturated rings. The van der Waals surface area contributed by atoms with Crippen molar-refractivity contribution in [2.75, 3.05) is 5.32 Å². The van der Waals surface area contributed by atoms with Crippen LogP contribution >= 0.6 is 0 Å². The summed E-state index contributed by atoms with van der Waals surface area (Å²) in [5, 5.41) is 3.02. The third-order valence-corrected chi connectivity index (χ3v) is 2.63. The van der Waals surface area contributed by atoms with E-state index in [9.17, 15) is 4.79 Å². The summed E-state index contributed by atoms with van der Waals surface area (Å²) in [5.41, 5.74) is 4.48. The number of hydrogen-bond acceptors (Lipinski definition) is 1. The molecule has 0 unspecified atom stereocenters. The van der Waals surface area contributed by atoms with Crippen molar-refractivity contribution >= 4 is 11.6 Å². The zero-order chi connectivity index (χ0) is 13.2. The fourth-order valence-electron chi connectivity index (χ4n) is 2.04. The Bertz CT molecular complexity index is 410. The molecule has 0 atom stereocenters. The summed E-state index contributed by atoms with van der Waals surface area (Å²) < 4.78 is 0. The molecule has 96 valence electrons. The molecule has 0 heterocycles. The number of hydrogen-bond donors (Lipinski definition) is 1. The summed E-state index contributed by atoms with van der Waals surface area (Å²) in [7, 11) is 0. The molecule has 1 rings (SSSR count). The van der Waals surface area contributed by atoms with Crippen molar-refractivity contribution in [3.63, 3.8) is 0 Å². The first-order chi connectivity index (χ1) is 7.69. The monoisotopic (exact) mass is 235 g/mol. The molecule has 0 saturated heterocycles. The molecule has 0 spiro atoms. The third-order valence-electron chi connectivity index (χ3n) is 2.63. The summed E-state index contributed by atoms with van der Waals surface area (Å²) in [4.78, 5) is 11.9. The largest absolute Gasteiger partial charge is 0.326 e. The fraction of sp³-hybridized carbons (Fsp3) is 0.533. The van der Waals surface area contributed by atoms with Gasteiger partial charge in [-0.15, -0.1) is 0 Å². The Morgan fingerprint density at radius 3 is 2.06 bits per heavy atom. The molecule has 0 aliphatic carbocycles. The van der Waals surface area contributed by atoms with Gasteiger partial charge >= 0.3 is 0 Å². The molecular formula is C15H25NO. The molecule has 1 aromatic carbocycles. The molecule has 0 aliphatic heterocycles. The number of amides is 1. The first-order valence-corrected chi connectivity index (χ1v) is 6.07. The van der Waals surface area contributed by atoms with Crippen LogP contribution in [0.15, 0.2) is 12.1 Å². The highest BCUT2D eigenvalue weighted by Gasteiger charge is 2.17. The van der Waals surface area contributed by atoms with Crippen LogP contribution in [0.5, 0.6) is 0 Å². The molecular weight excluding hydrogens is 210 g/mol. The Morgan fingerprint density at radius 2 is 1.65 bits per heavy atom. The van der Waals surface area contributed by atoms with Crippen LogP contribution in [0, 0.1) is 26.2 Å².